The average molecular weight is 475 g/mol. The molecule has 4 rings (SSSR count). The Morgan fingerprint density at radius 3 is 2.54 bits per heavy atom. The molecule has 6 heteroatoms. The molecule has 1 saturated heterocycles. The van der Waals surface area contributed by atoms with Gasteiger partial charge in [-0.25, -0.2) is 0 Å². The fourth-order valence-electron chi connectivity index (χ4n) is 4.62. The number of hydrogen-bond acceptors (Lipinski definition) is 5. The molecule has 35 heavy (non-hydrogen) atoms. The zero-order valence-electron chi connectivity index (χ0n) is 21.5. The SMILES string of the molecule is Cc1cccc(CCCNC(=O)C2CCN(Cc3nc(-c4ccc(C(C)(C)C)cc4)no3)CC2)c1. The van der Waals surface area contributed by atoms with Crippen LogP contribution in [0.1, 0.15) is 62.6 Å². The van der Waals surface area contributed by atoms with Crippen LogP contribution in [0.3, 0.4) is 0 Å². The standard InChI is InChI=1S/C29H38N4O2/c1-21-7-5-8-22(19-21)9-6-16-30-28(34)24-14-17-33(18-15-24)20-26-31-27(32-35-26)23-10-12-25(13-11-23)29(2,3)4/h5,7-8,10-13,19,24H,6,9,14-18,20H2,1-4H3,(H,30,34). The largest absolute Gasteiger partial charge is 0.356 e. The molecule has 0 bridgehead atoms. The van der Waals surface area contributed by atoms with Gasteiger partial charge in [0.15, 0.2) is 0 Å². The molecule has 1 N–H and O–H groups in total. The third kappa shape index (κ3) is 7.01. The van der Waals surface area contributed by atoms with E-state index in [1.807, 2.05) is 0 Å². The summed E-state index contributed by atoms with van der Waals surface area (Å²) in [4.78, 5) is 19.5. The summed E-state index contributed by atoms with van der Waals surface area (Å²) in [7, 11) is 0. The molecule has 2 aromatic carbocycles. The van der Waals surface area contributed by atoms with E-state index < -0.39 is 0 Å². The molecule has 1 aliphatic heterocycles. The van der Waals surface area contributed by atoms with Gasteiger partial charge in [0.1, 0.15) is 0 Å². The molecule has 0 aliphatic carbocycles. The van der Waals surface area contributed by atoms with Crippen molar-refractivity contribution in [3.05, 3.63) is 71.1 Å². The Morgan fingerprint density at radius 1 is 1.11 bits per heavy atom. The summed E-state index contributed by atoms with van der Waals surface area (Å²) in [5.41, 5.74) is 4.98. The number of carbonyl (C=O) groups is 1. The van der Waals surface area contributed by atoms with Crippen molar-refractivity contribution in [1.29, 1.82) is 0 Å². The van der Waals surface area contributed by atoms with Gasteiger partial charge in [0.25, 0.3) is 0 Å². The minimum atomic E-state index is 0.0878. The van der Waals surface area contributed by atoms with Crippen molar-refractivity contribution in [3.8, 4) is 11.4 Å². The van der Waals surface area contributed by atoms with E-state index in [2.05, 4.69) is 96.6 Å². The van der Waals surface area contributed by atoms with E-state index in [0.717, 1.165) is 50.9 Å². The quantitative estimate of drug-likeness (QED) is 0.449. The topological polar surface area (TPSA) is 71.3 Å². The van der Waals surface area contributed by atoms with E-state index in [4.69, 9.17) is 4.52 Å². The molecular formula is C29H38N4O2. The molecule has 2 heterocycles. The van der Waals surface area contributed by atoms with Gasteiger partial charge >= 0.3 is 0 Å². The Balaban J connectivity index is 1.19. The van der Waals surface area contributed by atoms with Gasteiger partial charge in [0.2, 0.25) is 17.6 Å². The normalized spacial score (nSPS) is 15.3. The minimum absolute atomic E-state index is 0.0878. The first-order chi connectivity index (χ1) is 16.8. The highest BCUT2D eigenvalue weighted by molar-refractivity contribution is 5.78. The van der Waals surface area contributed by atoms with Crippen molar-refractivity contribution in [3.63, 3.8) is 0 Å². The highest BCUT2D eigenvalue weighted by atomic mass is 16.5. The summed E-state index contributed by atoms with van der Waals surface area (Å²) in [6, 6.07) is 16.9. The number of hydrogen-bond donors (Lipinski definition) is 1. The molecule has 186 valence electrons. The number of nitrogens with one attached hydrogen (secondary N) is 1. The number of likely N-dealkylation sites (tertiary alicyclic amines) is 1. The molecule has 1 amide bonds. The number of carbonyl (C=O) groups excluding carboxylic acids is 1. The number of nitrogens with zero attached hydrogens (tertiary/aromatic N) is 3. The molecule has 1 fully saturated rings. The summed E-state index contributed by atoms with van der Waals surface area (Å²) >= 11 is 0. The molecular weight excluding hydrogens is 436 g/mol. The van der Waals surface area contributed by atoms with Gasteiger partial charge in [-0.1, -0.05) is 80.0 Å². The van der Waals surface area contributed by atoms with E-state index in [1.165, 1.54) is 16.7 Å². The molecule has 1 aliphatic rings. The molecule has 3 aromatic rings. The lowest BCUT2D eigenvalue weighted by molar-refractivity contribution is -0.126. The van der Waals surface area contributed by atoms with Crippen LogP contribution in [0.25, 0.3) is 11.4 Å². The van der Waals surface area contributed by atoms with Crippen LogP contribution in [0.15, 0.2) is 53.1 Å². The summed E-state index contributed by atoms with van der Waals surface area (Å²) in [6.07, 6.45) is 3.68. The van der Waals surface area contributed by atoms with Gasteiger partial charge in [-0.05, 0) is 62.2 Å². The molecule has 1 aromatic heterocycles. The van der Waals surface area contributed by atoms with Crippen LogP contribution in [-0.4, -0.2) is 40.6 Å². The van der Waals surface area contributed by atoms with E-state index in [1.54, 1.807) is 0 Å². The monoisotopic (exact) mass is 474 g/mol. The number of rotatable bonds is 8. The summed E-state index contributed by atoms with van der Waals surface area (Å²) in [5.74, 6) is 1.52. The second kappa shape index (κ2) is 11.2. The Labute approximate surface area is 209 Å². The van der Waals surface area contributed by atoms with Gasteiger partial charge in [-0.15, -0.1) is 0 Å². The third-order valence-electron chi connectivity index (χ3n) is 6.82. The maximum absolute atomic E-state index is 12.6. The fourth-order valence-corrected chi connectivity index (χ4v) is 4.62. The van der Waals surface area contributed by atoms with Gasteiger partial charge in [-0.3, -0.25) is 9.69 Å². The van der Waals surface area contributed by atoms with E-state index >= 15 is 0 Å². The zero-order chi connectivity index (χ0) is 24.8. The van der Waals surface area contributed by atoms with E-state index in [0.29, 0.717) is 18.3 Å². The second-order valence-corrected chi connectivity index (χ2v) is 10.8. The number of benzene rings is 2. The van der Waals surface area contributed by atoms with Crippen molar-refractivity contribution in [1.82, 2.24) is 20.4 Å². The van der Waals surface area contributed by atoms with Gasteiger partial charge < -0.3 is 9.84 Å². The summed E-state index contributed by atoms with van der Waals surface area (Å²) in [5, 5.41) is 7.32. The summed E-state index contributed by atoms with van der Waals surface area (Å²) < 4.78 is 5.52. The van der Waals surface area contributed by atoms with Crippen LogP contribution in [0.2, 0.25) is 0 Å². The Kier molecular flexibility index (Phi) is 8.01. The van der Waals surface area contributed by atoms with Crippen molar-refractivity contribution in [2.75, 3.05) is 19.6 Å². The van der Waals surface area contributed by atoms with Gasteiger partial charge in [0, 0.05) is 18.0 Å². The van der Waals surface area contributed by atoms with E-state index in [-0.39, 0.29) is 17.2 Å². The first-order valence-electron chi connectivity index (χ1n) is 12.8. The Morgan fingerprint density at radius 2 is 1.86 bits per heavy atom. The number of aromatic nitrogens is 2. The lowest BCUT2D eigenvalue weighted by atomic mass is 9.87. The van der Waals surface area contributed by atoms with Crippen LogP contribution < -0.4 is 5.32 Å². The summed E-state index contributed by atoms with van der Waals surface area (Å²) in [6.45, 7) is 11.8. The first kappa shape index (κ1) is 25.1. The van der Waals surface area contributed by atoms with Crippen molar-refractivity contribution < 1.29 is 9.32 Å². The number of amides is 1. The predicted molar refractivity (Wildman–Crippen MR) is 139 cm³/mol. The first-order valence-corrected chi connectivity index (χ1v) is 12.8. The molecule has 0 saturated carbocycles. The number of piperidine rings is 1. The smallest absolute Gasteiger partial charge is 0.241 e. The van der Waals surface area contributed by atoms with Crippen molar-refractivity contribution in [2.24, 2.45) is 5.92 Å². The van der Waals surface area contributed by atoms with Crippen molar-refractivity contribution in [2.45, 2.75) is 65.3 Å². The van der Waals surface area contributed by atoms with Crippen LogP contribution >= 0.6 is 0 Å². The fraction of sp³-hybridized carbons (Fsp3) is 0.483. The Hall–Kier alpha value is -2.99. The molecule has 0 unspecified atom stereocenters. The predicted octanol–water partition coefficient (Wildman–Crippen LogP) is 5.30. The third-order valence-corrected chi connectivity index (χ3v) is 6.82. The lowest BCUT2D eigenvalue weighted by Crippen LogP contribution is -2.40. The highest BCUT2D eigenvalue weighted by Crippen LogP contribution is 2.25. The molecule has 6 nitrogen and oxygen atoms in total. The highest BCUT2D eigenvalue weighted by Gasteiger charge is 2.26. The van der Waals surface area contributed by atoms with Crippen LogP contribution in [-0.2, 0) is 23.2 Å². The average Bonchev–Trinajstić information content (AvgIpc) is 3.30. The van der Waals surface area contributed by atoms with Crippen LogP contribution in [0.5, 0.6) is 0 Å². The maximum atomic E-state index is 12.6. The Bertz CT molecular complexity index is 1110. The zero-order valence-corrected chi connectivity index (χ0v) is 21.5. The van der Waals surface area contributed by atoms with E-state index in [9.17, 15) is 4.79 Å². The minimum Gasteiger partial charge on any atom is -0.356 e. The van der Waals surface area contributed by atoms with Crippen LogP contribution in [0, 0.1) is 12.8 Å². The van der Waals surface area contributed by atoms with Gasteiger partial charge in [0.05, 0.1) is 6.54 Å². The number of aryl methyl sites for hydroxylation is 2. The van der Waals surface area contributed by atoms with Crippen LogP contribution in [0.4, 0.5) is 0 Å². The molecule has 0 radical (unpaired) electrons. The molecule has 0 spiro atoms. The van der Waals surface area contributed by atoms with Crippen molar-refractivity contribution >= 4 is 5.91 Å². The second-order valence-electron chi connectivity index (χ2n) is 10.8. The lowest BCUT2D eigenvalue weighted by Gasteiger charge is -2.30. The molecule has 0 atom stereocenters. The van der Waals surface area contributed by atoms with Gasteiger partial charge in [-0.2, -0.15) is 4.98 Å². The maximum Gasteiger partial charge on any atom is 0.241 e.